The molecular formula is C11H18O2. The van der Waals surface area contributed by atoms with Crippen molar-refractivity contribution in [2.75, 3.05) is 0 Å². The molecule has 0 aliphatic heterocycles. The fourth-order valence-corrected chi connectivity index (χ4v) is 4.17. The van der Waals surface area contributed by atoms with Crippen LogP contribution in [0.5, 0.6) is 0 Å². The van der Waals surface area contributed by atoms with Gasteiger partial charge in [-0.05, 0) is 49.9 Å². The van der Waals surface area contributed by atoms with Crippen LogP contribution >= 0.6 is 0 Å². The molecule has 0 aromatic rings. The molecule has 74 valence electrons. The van der Waals surface area contributed by atoms with Gasteiger partial charge in [0.05, 0.1) is 11.7 Å². The topological polar surface area (TPSA) is 40.5 Å². The van der Waals surface area contributed by atoms with Crippen molar-refractivity contribution in [3.63, 3.8) is 0 Å². The zero-order valence-corrected chi connectivity index (χ0v) is 7.95. The van der Waals surface area contributed by atoms with E-state index in [1.165, 1.54) is 12.8 Å². The number of hydrogen-bond donors (Lipinski definition) is 2. The predicted molar refractivity (Wildman–Crippen MR) is 49.1 cm³/mol. The molecule has 0 aromatic carbocycles. The molecule has 4 fully saturated rings. The second-order valence-electron chi connectivity index (χ2n) is 5.27. The Morgan fingerprint density at radius 1 is 1.08 bits per heavy atom. The van der Waals surface area contributed by atoms with Gasteiger partial charge in [0, 0.05) is 0 Å². The molecular weight excluding hydrogens is 164 g/mol. The Balaban J connectivity index is 1.99. The summed E-state index contributed by atoms with van der Waals surface area (Å²) in [5.74, 6) is 1.54. The van der Waals surface area contributed by atoms with E-state index in [0.29, 0.717) is 11.8 Å². The van der Waals surface area contributed by atoms with E-state index in [2.05, 4.69) is 0 Å². The number of fused-ring (bicyclic) bond motifs is 1. The van der Waals surface area contributed by atoms with E-state index in [4.69, 9.17) is 0 Å². The zero-order chi connectivity index (χ0) is 9.05. The number of hydrogen-bond acceptors (Lipinski definition) is 2. The van der Waals surface area contributed by atoms with Crippen LogP contribution in [-0.4, -0.2) is 21.9 Å². The molecule has 2 nitrogen and oxygen atoms in total. The lowest BCUT2D eigenvalue weighted by Crippen LogP contribution is -2.63. The van der Waals surface area contributed by atoms with Gasteiger partial charge >= 0.3 is 0 Å². The largest absolute Gasteiger partial charge is 0.390 e. The van der Waals surface area contributed by atoms with Gasteiger partial charge in [0.2, 0.25) is 0 Å². The third-order valence-corrected chi connectivity index (χ3v) is 4.78. The van der Waals surface area contributed by atoms with Crippen LogP contribution in [0.2, 0.25) is 0 Å². The van der Waals surface area contributed by atoms with Gasteiger partial charge < -0.3 is 10.2 Å². The zero-order valence-electron chi connectivity index (χ0n) is 7.95. The Labute approximate surface area is 79.0 Å². The van der Waals surface area contributed by atoms with Gasteiger partial charge in [-0.25, -0.2) is 0 Å². The number of rotatable bonds is 0. The first kappa shape index (κ1) is 8.25. The monoisotopic (exact) mass is 182 g/mol. The lowest BCUT2D eigenvalue weighted by molar-refractivity contribution is -0.224. The van der Waals surface area contributed by atoms with Gasteiger partial charge in [-0.15, -0.1) is 0 Å². The van der Waals surface area contributed by atoms with Crippen molar-refractivity contribution < 1.29 is 10.2 Å². The van der Waals surface area contributed by atoms with Crippen LogP contribution in [0.1, 0.15) is 38.5 Å². The Bertz CT molecular complexity index is 226. The summed E-state index contributed by atoms with van der Waals surface area (Å²) in [6.07, 6.45) is 6.30. The molecule has 5 atom stereocenters. The minimum atomic E-state index is -0.690. The first-order chi connectivity index (χ1) is 6.22. The van der Waals surface area contributed by atoms with Crippen molar-refractivity contribution in [1.29, 1.82) is 0 Å². The standard InChI is InChI=1S/C11H18O2/c12-10-8-3-4-9-7(6-8)2-1-5-11(9,10)13/h7-10,12-13H,1-6H2/t7-,8-,9+,10?,11-/m0/s1. The fourth-order valence-electron chi connectivity index (χ4n) is 4.17. The highest BCUT2D eigenvalue weighted by Crippen LogP contribution is 2.56. The Morgan fingerprint density at radius 3 is 2.69 bits per heavy atom. The molecule has 4 bridgehead atoms. The summed E-state index contributed by atoms with van der Waals surface area (Å²) in [4.78, 5) is 0. The van der Waals surface area contributed by atoms with E-state index in [1.54, 1.807) is 0 Å². The molecule has 4 saturated carbocycles. The molecule has 4 rings (SSSR count). The minimum Gasteiger partial charge on any atom is -0.390 e. The molecule has 13 heavy (non-hydrogen) atoms. The highest BCUT2D eigenvalue weighted by atomic mass is 16.3. The smallest absolute Gasteiger partial charge is 0.0938 e. The molecule has 0 aromatic heterocycles. The fraction of sp³-hybridized carbons (Fsp3) is 1.00. The van der Waals surface area contributed by atoms with E-state index < -0.39 is 11.7 Å². The molecule has 0 radical (unpaired) electrons. The Hall–Kier alpha value is -0.0800. The molecule has 4 aliphatic carbocycles. The predicted octanol–water partition coefficient (Wildman–Crippen LogP) is 1.31. The van der Waals surface area contributed by atoms with Crippen molar-refractivity contribution in [2.45, 2.75) is 50.2 Å². The third kappa shape index (κ3) is 0.909. The van der Waals surface area contributed by atoms with Gasteiger partial charge in [0.25, 0.3) is 0 Å². The first-order valence-electron chi connectivity index (χ1n) is 5.62. The Kier molecular flexibility index (Phi) is 1.58. The highest BCUT2D eigenvalue weighted by Gasteiger charge is 2.58. The first-order valence-corrected chi connectivity index (χ1v) is 5.62. The van der Waals surface area contributed by atoms with E-state index >= 15 is 0 Å². The maximum absolute atomic E-state index is 10.4. The van der Waals surface area contributed by atoms with Gasteiger partial charge in [-0.1, -0.05) is 6.42 Å². The van der Waals surface area contributed by atoms with Gasteiger partial charge in [-0.2, -0.15) is 0 Å². The summed E-state index contributed by atoms with van der Waals surface area (Å²) in [6.45, 7) is 0. The second-order valence-corrected chi connectivity index (χ2v) is 5.27. The van der Waals surface area contributed by atoms with Gasteiger partial charge in [0.1, 0.15) is 0 Å². The summed E-state index contributed by atoms with van der Waals surface area (Å²) in [6, 6.07) is 0. The van der Waals surface area contributed by atoms with Gasteiger partial charge in [-0.3, -0.25) is 0 Å². The van der Waals surface area contributed by atoms with Crippen LogP contribution < -0.4 is 0 Å². The van der Waals surface area contributed by atoms with Crippen molar-refractivity contribution in [3.05, 3.63) is 0 Å². The van der Waals surface area contributed by atoms with Crippen molar-refractivity contribution in [1.82, 2.24) is 0 Å². The van der Waals surface area contributed by atoms with Crippen LogP contribution in [0.25, 0.3) is 0 Å². The van der Waals surface area contributed by atoms with Crippen LogP contribution in [0.15, 0.2) is 0 Å². The molecule has 2 N–H and O–H groups in total. The normalized spacial score (nSPS) is 59.5. The van der Waals surface area contributed by atoms with E-state index in [0.717, 1.165) is 31.6 Å². The van der Waals surface area contributed by atoms with Crippen molar-refractivity contribution >= 4 is 0 Å². The maximum atomic E-state index is 10.4. The van der Waals surface area contributed by atoms with E-state index in [-0.39, 0.29) is 0 Å². The molecule has 0 heterocycles. The average molecular weight is 182 g/mol. The quantitative estimate of drug-likeness (QED) is 0.593. The van der Waals surface area contributed by atoms with Crippen LogP contribution in [0.4, 0.5) is 0 Å². The van der Waals surface area contributed by atoms with Gasteiger partial charge in [0.15, 0.2) is 0 Å². The van der Waals surface area contributed by atoms with Crippen LogP contribution in [-0.2, 0) is 0 Å². The average Bonchev–Trinajstić information content (AvgIpc) is 2.14. The summed E-state index contributed by atoms with van der Waals surface area (Å²) in [5.41, 5.74) is -0.690. The lowest BCUT2D eigenvalue weighted by atomic mass is 9.51. The molecule has 0 amide bonds. The summed E-state index contributed by atoms with van der Waals surface area (Å²) >= 11 is 0. The summed E-state index contributed by atoms with van der Waals surface area (Å²) < 4.78 is 0. The summed E-state index contributed by atoms with van der Waals surface area (Å²) in [7, 11) is 0. The van der Waals surface area contributed by atoms with Crippen molar-refractivity contribution in [2.24, 2.45) is 17.8 Å². The molecule has 1 unspecified atom stereocenters. The maximum Gasteiger partial charge on any atom is 0.0938 e. The molecule has 2 heteroatoms. The summed E-state index contributed by atoms with van der Waals surface area (Å²) in [5, 5.41) is 20.4. The second kappa shape index (κ2) is 2.48. The lowest BCUT2D eigenvalue weighted by Gasteiger charge is -2.58. The highest BCUT2D eigenvalue weighted by molar-refractivity contribution is 5.08. The van der Waals surface area contributed by atoms with Crippen LogP contribution in [0.3, 0.4) is 0 Å². The Morgan fingerprint density at radius 2 is 1.92 bits per heavy atom. The third-order valence-electron chi connectivity index (χ3n) is 4.78. The SMILES string of the molecule is OC1[C@H]2CC[C@@H]3[C@@H](CCC[C@@]13O)C2. The minimum absolute atomic E-state index is 0.403. The molecule has 4 aliphatic rings. The van der Waals surface area contributed by atoms with E-state index in [1.807, 2.05) is 0 Å². The van der Waals surface area contributed by atoms with Crippen LogP contribution in [0, 0.1) is 17.8 Å². The molecule has 0 saturated heterocycles. The molecule has 0 spiro atoms. The van der Waals surface area contributed by atoms with E-state index in [9.17, 15) is 10.2 Å². The van der Waals surface area contributed by atoms with Crippen molar-refractivity contribution in [3.8, 4) is 0 Å². The number of aliphatic hydroxyl groups is 2. The number of aliphatic hydroxyl groups excluding tert-OH is 1.